The molecule has 1 aromatic heterocycles. The molecule has 2 rings (SSSR count). The lowest BCUT2D eigenvalue weighted by Gasteiger charge is -2.23. The lowest BCUT2D eigenvalue weighted by molar-refractivity contribution is 0.227. The third-order valence-corrected chi connectivity index (χ3v) is 3.16. The summed E-state index contributed by atoms with van der Waals surface area (Å²) in [4.78, 5) is 2.64. The van der Waals surface area contributed by atoms with Crippen LogP contribution >= 0.6 is 0 Å². The summed E-state index contributed by atoms with van der Waals surface area (Å²) in [6.45, 7) is 7.97. The Balaban J connectivity index is 1.71. The summed E-state index contributed by atoms with van der Waals surface area (Å²) in [5.74, 6) is 1.38. The molecule has 1 aliphatic rings. The molecule has 0 bridgehead atoms. The van der Waals surface area contributed by atoms with Crippen LogP contribution in [-0.2, 0) is 6.54 Å². The smallest absolute Gasteiger partial charge is 0.145 e. The summed E-state index contributed by atoms with van der Waals surface area (Å²) < 4.78 is 1.94. The molecule has 2 N–H and O–H groups in total. The maximum Gasteiger partial charge on any atom is 0.145 e. The number of nitrogen functional groups attached to an aromatic ring is 1. The van der Waals surface area contributed by atoms with Gasteiger partial charge in [-0.25, -0.2) is 0 Å². The third-order valence-electron chi connectivity index (χ3n) is 3.16. The van der Waals surface area contributed by atoms with E-state index in [9.17, 15) is 0 Å². The Hall–Kier alpha value is -1.03. The second-order valence-corrected chi connectivity index (χ2v) is 5.48. The molecule has 17 heavy (non-hydrogen) atoms. The van der Waals surface area contributed by atoms with Crippen LogP contribution in [-0.4, -0.2) is 33.8 Å². The first kappa shape index (κ1) is 12.4. The molecular formula is C13H24N4. The number of hydrogen-bond acceptors (Lipinski definition) is 3. The topological polar surface area (TPSA) is 47.1 Å². The molecular weight excluding hydrogens is 212 g/mol. The van der Waals surface area contributed by atoms with Crippen molar-refractivity contribution in [2.24, 2.45) is 5.92 Å². The van der Waals surface area contributed by atoms with Crippen LogP contribution in [0.15, 0.2) is 12.3 Å². The first-order valence-electron chi connectivity index (χ1n) is 6.68. The van der Waals surface area contributed by atoms with Gasteiger partial charge < -0.3 is 10.6 Å². The molecule has 1 heterocycles. The average Bonchev–Trinajstić information content (AvgIpc) is 3.01. The zero-order valence-corrected chi connectivity index (χ0v) is 11.0. The van der Waals surface area contributed by atoms with E-state index in [2.05, 4.69) is 23.8 Å². The van der Waals surface area contributed by atoms with E-state index in [0.717, 1.165) is 24.9 Å². The average molecular weight is 236 g/mol. The van der Waals surface area contributed by atoms with Crippen molar-refractivity contribution in [3.05, 3.63) is 12.3 Å². The van der Waals surface area contributed by atoms with Crippen LogP contribution in [0.1, 0.15) is 33.1 Å². The Bertz CT molecular complexity index is 341. The van der Waals surface area contributed by atoms with Crippen molar-refractivity contribution in [1.29, 1.82) is 0 Å². The fourth-order valence-corrected chi connectivity index (χ4v) is 2.27. The predicted molar refractivity (Wildman–Crippen MR) is 70.7 cm³/mol. The molecule has 4 nitrogen and oxygen atoms in total. The van der Waals surface area contributed by atoms with Gasteiger partial charge in [0, 0.05) is 31.9 Å². The molecule has 0 spiro atoms. The maximum atomic E-state index is 5.59. The van der Waals surface area contributed by atoms with Gasteiger partial charge in [0.25, 0.3) is 0 Å². The lowest BCUT2D eigenvalue weighted by Crippen LogP contribution is -2.31. The zero-order valence-electron chi connectivity index (χ0n) is 11.0. The molecule has 1 fully saturated rings. The fraction of sp³-hybridized carbons (Fsp3) is 0.769. The van der Waals surface area contributed by atoms with Crippen molar-refractivity contribution in [2.45, 2.75) is 45.7 Å². The van der Waals surface area contributed by atoms with Crippen molar-refractivity contribution in [3.63, 3.8) is 0 Å². The van der Waals surface area contributed by atoms with Gasteiger partial charge in [0.05, 0.1) is 0 Å². The van der Waals surface area contributed by atoms with E-state index in [4.69, 9.17) is 5.73 Å². The van der Waals surface area contributed by atoms with Crippen LogP contribution in [0.25, 0.3) is 0 Å². The summed E-state index contributed by atoms with van der Waals surface area (Å²) in [5.41, 5.74) is 5.59. The van der Waals surface area contributed by atoms with E-state index in [1.807, 2.05) is 16.9 Å². The van der Waals surface area contributed by atoms with Gasteiger partial charge in [-0.05, 0) is 31.2 Å². The van der Waals surface area contributed by atoms with E-state index in [1.165, 1.54) is 25.9 Å². The monoisotopic (exact) mass is 236 g/mol. The normalized spacial score (nSPS) is 16.0. The van der Waals surface area contributed by atoms with Gasteiger partial charge in [-0.15, -0.1) is 0 Å². The van der Waals surface area contributed by atoms with Crippen LogP contribution in [0, 0.1) is 5.92 Å². The van der Waals surface area contributed by atoms with E-state index in [1.54, 1.807) is 0 Å². The van der Waals surface area contributed by atoms with Crippen molar-refractivity contribution in [1.82, 2.24) is 14.7 Å². The van der Waals surface area contributed by atoms with Crippen LogP contribution in [0.4, 0.5) is 5.82 Å². The molecule has 0 unspecified atom stereocenters. The Morgan fingerprint density at radius 3 is 2.82 bits per heavy atom. The minimum atomic E-state index is 0.617. The number of aryl methyl sites for hydroxylation is 1. The number of nitrogens with two attached hydrogens (primary N) is 1. The fourth-order valence-electron chi connectivity index (χ4n) is 2.27. The summed E-state index contributed by atoms with van der Waals surface area (Å²) in [6, 6.07) is 2.72. The number of nitrogens with zero attached hydrogens (tertiary/aromatic N) is 3. The summed E-state index contributed by atoms with van der Waals surface area (Å²) >= 11 is 0. The molecule has 0 aromatic carbocycles. The summed E-state index contributed by atoms with van der Waals surface area (Å²) in [5, 5.41) is 4.20. The highest BCUT2D eigenvalue weighted by Crippen LogP contribution is 2.27. The van der Waals surface area contributed by atoms with Gasteiger partial charge in [-0.3, -0.25) is 4.68 Å². The summed E-state index contributed by atoms with van der Waals surface area (Å²) in [7, 11) is 0. The van der Waals surface area contributed by atoms with Gasteiger partial charge in [-0.2, -0.15) is 5.10 Å². The summed E-state index contributed by atoms with van der Waals surface area (Å²) in [6.07, 6.45) is 5.90. The lowest BCUT2D eigenvalue weighted by atomic mass is 10.2. The Kier molecular flexibility index (Phi) is 4.05. The predicted octanol–water partition coefficient (Wildman–Crippen LogP) is 1.98. The molecule has 1 saturated carbocycles. The Morgan fingerprint density at radius 2 is 2.29 bits per heavy atom. The van der Waals surface area contributed by atoms with E-state index in [-0.39, 0.29) is 0 Å². The number of rotatable bonds is 7. The van der Waals surface area contributed by atoms with E-state index in [0.29, 0.717) is 5.82 Å². The first-order valence-corrected chi connectivity index (χ1v) is 6.68. The van der Waals surface area contributed by atoms with Crippen LogP contribution in [0.2, 0.25) is 0 Å². The van der Waals surface area contributed by atoms with E-state index < -0.39 is 0 Å². The van der Waals surface area contributed by atoms with Gasteiger partial charge >= 0.3 is 0 Å². The van der Waals surface area contributed by atoms with Crippen molar-refractivity contribution >= 4 is 5.82 Å². The van der Waals surface area contributed by atoms with Crippen molar-refractivity contribution < 1.29 is 0 Å². The molecule has 1 aliphatic carbocycles. The minimum Gasteiger partial charge on any atom is -0.382 e. The molecule has 0 atom stereocenters. The highest BCUT2D eigenvalue weighted by Gasteiger charge is 2.28. The molecule has 0 radical (unpaired) electrons. The molecule has 0 aliphatic heterocycles. The van der Waals surface area contributed by atoms with Gasteiger partial charge in [0.1, 0.15) is 5.82 Å². The molecule has 0 saturated heterocycles. The zero-order chi connectivity index (χ0) is 12.3. The minimum absolute atomic E-state index is 0.617. The van der Waals surface area contributed by atoms with Crippen LogP contribution in [0.3, 0.4) is 0 Å². The molecule has 96 valence electrons. The Morgan fingerprint density at radius 1 is 1.53 bits per heavy atom. The van der Waals surface area contributed by atoms with Gasteiger partial charge in [-0.1, -0.05) is 13.8 Å². The van der Waals surface area contributed by atoms with Crippen molar-refractivity contribution in [3.8, 4) is 0 Å². The molecule has 0 amide bonds. The first-order chi connectivity index (χ1) is 8.15. The second kappa shape index (κ2) is 5.54. The quantitative estimate of drug-likeness (QED) is 0.787. The van der Waals surface area contributed by atoms with Gasteiger partial charge in [0.2, 0.25) is 0 Å². The number of anilines is 1. The Labute approximate surface area is 104 Å². The standard InChI is InChI=1S/C13H24N4/c1-11(2)10-16(12-4-5-12)7-3-8-17-9-6-13(14)15-17/h6,9,11-12H,3-5,7-8,10H2,1-2H3,(H2,14,15). The highest BCUT2D eigenvalue weighted by molar-refractivity contribution is 5.23. The maximum absolute atomic E-state index is 5.59. The molecule has 1 aromatic rings. The van der Waals surface area contributed by atoms with Crippen molar-refractivity contribution in [2.75, 3.05) is 18.8 Å². The third kappa shape index (κ3) is 4.04. The number of aromatic nitrogens is 2. The molecule has 4 heteroatoms. The van der Waals surface area contributed by atoms with Crippen LogP contribution < -0.4 is 5.73 Å². The second-order valence-electron chi connectivity index (χ2n) is 5.48. The van der Waals surface area contributed by atoms with E-state index >= 15 is 0 Å². The highest BCUT2D eigenvalue weighted by atomic mass is 15.3. The SMILES string of the molecule is CC(C)CN(CCCn1ccc(N)n1)C1CC1. The number of hydrogen-bond donors (Lipinski definition) is 1. The van der Waals surface area contributed by atoms with Gasteiger partial charge in [0.15, 0.2) is 0 Å². The largest absolute Gasteiger partial charge is 0.382 e. The van der Waals surface area contributed by atoms with Crippen LogP contribution in [0.5, 0.6) is 0 Å².